The molecule has 1 fully saturated rings. The lowest BCUT2D eigenvalue weighted by molar-refractivity contribution is 0.487. The summed E-state index contributed by atoms with van der Waals surface area (Å²) in [5.41, 5.74) is 4.25. The molecule has 2 aliphatic rings. The highest BCUT2D eigenvalue weighted by Gasteiger charge is 2.41. The summed E-state index contributed by atoms with van der Waals surface area (Å²) in [4.78, 5) is 0. The third-order valence-corrected chi connectivity index (χ3v) is 4.56. The minimum Gasteiger partial charge on any atom is -0.316 e. The topological polar surface area (TPSA) is 12.0 Å². The molecule has 1 aromatic carbocycles. The van der Waals surface area contributed by atoms with Gasteiger partial charge in [0, 0.05) is 17.5 Å². The molecule has 0 aromatic heterocycles. The first kappa shape index (κ1) is 9.68. The van der Waals surface area contributed by atoms with Gasteiger partial charge >= 0.3 is 0 Å². The maximum atomic E-state index is 6.20. The molecule has 80 valence electrons. The molecule has 1 aromatic rings. The largest absolute Gasteiger partial charge is 0.316 e. The lowest BCUT2D eigenvalue weighted by Gasteiger charge is -2.12. The van der Waals surface area contributed by atoms with Gasteiger partial charge in [0.1, 0.15) is 0 Å². The van der Waals surface area contributed by atoms with Crippen molar-refractivity contribution in [3.8, 4) is 0 Å². The first-order valence-corrected chi connectivity index (χ1v) is 6.07. The molecular weight excluding hydrogens is 206 g/mol. The highest BCUT2D eigenvalue weighted by Crippen LogP contribution is 2.49. The van der Waals surface area contributed by atoms with E-state index in [1.54, 1.807) is 5.56 Å². The average Bonchev–Trinajstić information content (AvgIpc) is 2.75. The minimum absolute atomic E-state index is 0.665. The van der Waals surface area contributed by atoms with Gasteiger partial charge in [0.25, 0.3) is 0 Å². The van der Waals surface area contributed by atoms with E-state index in [2.05, 4.69) is 31.3 Å². The first-order valence-electron chi connectivity index (χ1n) is 5.69. The normalized spacial score (nSPS) is 32.9. The second kappa shape index (κ2) is 3.23. The summed E-state index contributed by atoms with van der Waals surface area (Å²) in [7, 11) is 0. The van der Waals surface area contributed by atoms with Crippen LogP contribution in [0.4, 0.5) is 0 Å². The van der Waals surface area contributed by atoms with E-state index in [1.165, 1.54) is 11.1 Å². The van der Waals surface area contributed by atoms with E-state index < -0.39 is 0 Å². The van der Waals surface area contributed by atoms with Crippen molar-refractivity contribution >= 4 is 11.6 Å². The zero-order valence-corrected chi connectivity index (χ0v) is 9.93. The highest BCUT2D eigenvalue weighted by molar-refractivity contribution is 6.31. The third kappa shape index (κ3) is 1.26. The summed E-state index contributed by atoms with van der Waals surface area (Å²) in [6.45, 7) is 6.74. The third-order valence-electron chi connectivity index (χ3n) is 4.16. The number of nitrogens with one attached hydrogen (secondary N) is 1. The fourth-order valence-electron chi connectivity index (χ4n) is 3.23. The monoisotopic (exact) mass is 221 g/mol. The standard InChI is InChI=1S/C13H16ClN/c1-7-3-10-9(4-13(7)14)8(2)11-5-15-6-12(10)11/h3-4,8,11-12,15H,5-6H2,1-2H3/t8?,11-,12+/m0/s1. The molecule has 1 saturated heterocycles. The Balaban J connectivity index is 2.15. The van der Waals surface area contributed by atoms with E-state index in [0.717, 1.165) is 29.9 Å². The quantitative estimate of drug-likeness (QED) is 0.710. The van der Waals surface area contributed by atoms with Crippen LogP contribution < -0.4 is 5.32 Å². The van der Waals surface area contributed by atoms with Crippen LogP contribution in [0.3, 0.4) is 0 Å². The van der Waals surface area contributed by atoms with Gasteiger partial charge in [-0.15, -0.1) is 0 Å². The Morgan fingerprint density at radius 1 is 1.27 bits per heavy atom. The van der Waals surface area contributed by atoms with E-state index in [0.29, 0.717) is 5.92 Å². The van der Waals surface area contributed by atoms with Gasteiger partial charge in [0.15, 0.2) is 0 Å². The molecule has 3 atom stereocenters. The number of halogens is 1. The Labute approximate surface area is 95.8 Å². The van der Waals surface area contributed by atoms with Crippen molar-refractivity contribution in [1.29, 1.82) is 0 Å². The van der Waals surface area contributed by atoms with Crippen LogP contribution in [-0.4, -0.2) is 13.1 Å². The van der Waals surface area contributed by atoms with Crippen molar-refractivity contribution in [2.45, 2.75) is 25.7 Å². The highest BCUT2D eigenvalue weighted by atomic mass is 35.5. The Kier molecular flexibility index (Phi) is 2.08. The molecule has 2 heteroatoms. The van der Waals surface area contributed by atoms with Crippen LogP contribution in [0.25, 0.3) is 0 Å². The lowest BCUT2D eigenvalue weighted by Crippen LogP contribution is -2.12. The average molecular weight is 222 g/mol. The van der Waals surface area contributed by atoms with Crippen molar-refractivity contribution in [2.24, 2.45) is 5.92 Å². The maximum absolute atomic E-state index is 6.20. The zero-order valence-electron chi connectivity index (χ0n) is 9.18. The van der Waals surface area contributed by atoms with Gasteiger partial charge in [0.2, 0.25) is 0 Å². The summed E-state index contributed by atoms with van der Waals surface area (Å²) in [5, 5.41) is 4.42. The number of aryl methyl sites for hydroxylation is 1. The van der Waals surface area contributed by atoms with Crippen LogP contribution in [-0.2, 0) is 0 Å². The molecule has 1 N–H and O–H groups in total. The van der Waals surface area contributed by atoms with Gasteiger partial charge in [-0.3, -0.25) is 0 Å². The molecule has 0 spiro atoms. The van der Waals surface area contributed by atoms with E-state index in [1.807, 2.05) is 0 Å². The van der Waals surface area contributed by atoms with Crippen LogP contribution in [0.2, 0.25) is 5.02 Å². The second-order valence-corrected chi connectivity index (χ2v) is 5.35. The van der Waals surface area contributed by atoms with E-state index in [4.69, 9.17) is 11.6 Å². The molecule has 0 radical (unpaired) electrons. The van der Waals surface area contributed by atoms with Gasteiger partial charge in [-0.1, -0.05) is 24.6 Å². The number of fused-ring (bicyclic) bond motifs is 3. The Hall–Kier alpha value is -0.530. The summed E-state index contributed by atoms with van der Waals surface area (Å²) >= 11 is 6.20. The van der Waals surface area contributed by atoms with Crippen LogP contribution in [0.1, 0.15) is 35.4 Å². The molecule has 1 aliphatic heterocycles. The van der Waals surface area contributed by atoms with Gasteiger partial charge in [-0.25, -0.2) is 0 Å². The number of rotatable bonds is 0. The van der Waals surface area contributed by atoms with Crippen LogP contribution >= 0.6 is 11.6 Å². The molecule has 3 rings (SSSR count). The molecule has 0 bridgehead atoms. The minimum atomic E-state index is 0.665. The van der Waals surface area contributed by atoms with Gasteiger partial charge in [-0.05, 0) is 48.1 Å². The van der Waals surface area contributed by atoms with Crippen LogP contribution in [0, 0.1) is 12.8 Å². The summed E-state index contributed by atoms with van der Waals surface area (Å²) < 4.78 is 0. The maximum Gasteiger partial charge on any atom is 0.0438 e. The zero-order chi connectivity index (χ0) is 10.6. The summed E-state index contributed by atoms with van der Waals surface area (Å²) in [6, 6.07) is 4.49. The van der Waals surface area contributed by atoms with Crippen LogP contribution in [0.5, 0.6) is 0 Å². The molecular formula is C13H16ClN. The Bertz CT molecular complexity index is 413. The molecule has 0 saturated carbocycles. The number of hydrogen-bond donors (Lipinski definition) is 1. The molecule has 1 unspecified atom stereocenters. The van der Waals surface area contributed by atoms with Gasteiger partial charge < -0.3 is 5.32 Å². The van der Waals surface area contributed by atoms with E-state index in [-0.39, 0.29) is 0 Å². The predicted octanol–water partition coefficient (Wildman–Crippen LogP) is 3.07. The Morgan fingerprint density at radius 2 is 2.07 bits per heavy atom. The van der Waals surface area contributed by atoms with Crippen molar-refractivity contribution in [2.75, 3.05) is 13.1 Å². The van der Waals surface area contributed by atoms with Crippen molar-refractivity contribution in [3.05, 3.63) is 33.8 Å². The van der Waals surface area contributed by atoms with Gasteiger partial charge in [-0.2, -0.15) is 0 Å². The molecule has 1 nitrogen and oxygen atoms in total. The van der Waals surface area contributed by atoms with E-state index in [9.17, 15) is 0 Å². The summed E-state index contributed by atoms with van der Waals surface area (Å²) in [6.07, 6.45) is 0. The van der Waals surface area contributed by atoms with Crippen molar-refractivity contribution in [1.82, 2.24) is 5.32 Å². The fraction of sp³-hybridized carbons (Fsp3) is 0.538. The van der Waals surface area contributed by atoms with Crippen LogP contribution in [0.15, 0.2) is 12.1 Å². The summed E-state index contributed by atoms with van der Waals surface area (Å²) in [5.74, 6) is 2.18. The van der Waals surface area contributed by atoms with E-state index >= 15 is 0 Å². The van der Waals surface area contributed by atoms with Crippen molar-refractivity contribution in [3.63, 3.8) is 0 Å². The molecule has 0 amide bonds. The molecule has 1 heterocycles. The SMILES string of the molecule is Cc1cc2c(cc1Cl)C(C)[C@@H]1CNC[C@H]21. The lowest BCUT2D eigenvalue weighted by atomic mass is 9.91. The first-order chi connectivity index (χ1) is 7.18. The predicted molar refractivity (Wildman–Crippen MR) is 63.7 cm³/mol. The Morgan fingerprint density at radius 3 is 2.87 bits per heavy atom. The van der Waals surface area contributed by atoms with Crippen molar-refractivity contribution < 1.29 is 0 Å². The van der Waals surface area contributed by atoms with Gasteiger partial charge in [0.05, 0.1) is 0 Å². The molecule has 15 heavy (non-hydrogen) atoms. The molecule has 1 aliphatic carbocycles. The second-order valence-electron chi connectivity index (χ2n) is 4.95. The smallest absolute Gasteiger partial charge is 0.0438 e. The fourth-order valence-corrected chi connectivity index (χ4v) is 3.40. The number of benzene rings is 1. The number of hydrogen-bond acceptors (Lipinski definition) is 1.